The van der Waals surface area contributed by atoms with Crippen LogP contribution in [-0.2, 0) is 18.3 Å². The number of hydrogen-bond donors (Lipinski definition) is 2. The predicted molar refractivity (Wildman–Crippen MR) is 82.5 cm³/mol. The van der Waals surface area contributed by atoms with Crippen LogP contribution < -0.4 is 11.1 Å². The number of nitrogens with one attached hydrogen (secondary N) is 1. The highest BCUT2D eigenvalue weighted by atomic mass is 16.1. The fourth-order valence-corrected chi connectivity index (χ4v) is 2.52. The van der Waals surface area contributed by atoms with Gasteiger partial charge in [-0.1, -0.05) is 26.7 Å². The molecule has 0 aliphatic rings. The highest BCUT2D eigenvalue weighted by Crippen LogP contribution is 2.19. The van der Waals surface area contributed by atoms with Crippen molar-refractivity contribution in [3.63, 3.8) is 0 Å². The summed E-state index contributed by atoms with van der Waals surface area (Å²) in [7, 11) is 1.87. The Morgan fingerprint density at radius 2 is 2.15 bits per heavy atom. The van der Waals surface area contributed by atoms with Crippen LogP contribution in [0.3, 0.4) is 0 Å². The molecule has 0 radical (unpaired) electrons. The van der Waals surface area contributed by atoms with E-state index in [4.69, 9.17) is 5.73 Å². The van der Waals surface area contributed by atoms with Gasteiger partial charge in [0.05, 0.1) is 11.4 Å². The summed E-state index contributed by atoms with van der Waals surface area (Å²) in [5.74, 6) is 0.640. The topological polar surface area (TPSA) is 72.9 Å². The molecule has 0 aliphatic heterocycles. The van der Waals surface area contributed by atoms with Crippen molar-refractivity contribution in [2.45, 2.75) is 52.4 Å². The fraction of sp³-hybridized carbons (Fsp3) is 0.733. The Morgan fingerprint density at radius 1 is 1.40 bits per heavy atom. The number of carbonyl (C=O) groups is 1. The van der Waals surface area contributed by atoms with Crippen molar-refractivity contribution >= 4 is 11.6 Å². The minimum Gasteiger partial charge on any atom is -0.330 e. The van der Waals surface area contributed by atoms with Crippen molar-refractivity contribution in [2.24, 2.45) is 18.7 Å². The molecule has 1 aromatic rings. The molecule has 0 saturated heterocycles. The normalized spacial score (nSPS) is 12.4. The van der Waals surface area contributed by atoms with Crippen molar-refractivity contribution < 1.29 is 4.79 Å². The van der Waals surface area contributed by atoms with E-state index in [1.54, 1.807) is 4.68 Å². The molecule has 3 N–H and O–H groups in total. The van der Waals surface area contributed by atoms with E-state index < -0.39 is 0 Å². The average molecular weight is 280 g/mol. The molecule has 1 atom stereocenters. The molecule has 0 bridgehead atoms. The van der Waals surface area contributed by atoms with Gasteiger partial charge < -0.3 is 11.1 Å². The Morgan fingerprint density at radius 3 is 2.75 bits per heavy atom. The lowest BCUT2D eigenvalue weighted by Crippen LogP contribution is -2.15. The third-order valence-corrected chi connectivity index (χ3v) is 3.57. The number of rotatable bonds is 9. The lowest BCUT2D eigenvalue weighted by atomic mass is 9.94. The first-order chi connectivity index (χ1) is 9.60. The average Bonchev–Trinajstić information content (AvgIpc) is 2.76. The van der Waals surface area contributed by atoms with E-state index in [0.29, 0.717) is 18.9 Å². The molecule has 0 saturated carbocycles. The second-order valence-electron chi connectivity index (χ2n) is 5.34. The third-order valence-electron chi connectivity index (χ3n) is 3.57. The van der Waals surface area contributed by atoms with E-state index in [9.17, 15) is 4.79 Å². The molecule has 5 heteroatoms. The zero-order chi connectivity index (χ0) is 15.0. The van der Waals surface area contributed by atoms with Gasteiger partial charge in [0, 0.05) is 19.7 Å². The van der Waals surface area contributed by atoms with Gasteiger partial charge in [-0.3, -0.25) is 9.48 Å². The molecule has 20 heavy (non-hydrogen) atoms. The number of nitrogens with two attached hydrogens (primary N) is 1. The number of aryl methyl sites for hydroxylation is 2. The lowest BCUT2D eigenvalue weighted by Gasteiger charge is -2.14. The smallest absolute Gasteiger partial charge is 0.224 e. The van der Waals surface area contributed by atoms with E-state index in [2.05, 4.69) is 17.3 Å². The van der Waals surface area contributed by atoms with Crippen LogP contribution in [0.4, 0.5) is 5.69 Å². The maximum Gasteiger partial charge on any atom is 0.224 e. The minimum absolute atomic E-state index is 0.0748. The fourth-order valence-electron chi connectivity index (χ4n) is 2.52. The van der Waals surface area contributed by atoms with Gasteiger partial charge in [-0.05, 0) is 31.7 Å². The molecule has 0 aromatic carbocycles. The number of hydrogen-bond acceptors (Lipinski definition) is 3. The highest BCUT2D eigenvalue weighted by molar-refractivity contribution is 5.91. The van der Waals surface area contributed by atoms with E-state index in [0.717, 1.165) is 43.5 Å². The first kappa shape index (κ1) is 16.7. The Balaban J connectivity index is 2.46. The summed E-state index contributed by atoms with van der Waals surface area (Å²) in [6.07, 6.45) is 7.46. The molecular formula is C15H28N4O. The molecule has 0 fully saturated rings. The number of aromatic nitrogens is 2. The van der Waals surface area contributed by atoms with Gasteiger partial charge in [-0.15, -0.1) is 0 Å². The summed E-state index contributed by atoms with van der Waals surface area (Å²) < 4.78 is 1.74. The van der Waals surface area contributed by atoms with Crippen LogP contribution in [0.2, 0.25) is 0 Å². The minimum atomic E-state index is 0.0748. The monoisotopic (exact) mass is 280 g/mol. The summed E-state index contributed by atoms with van der Waals surface area (Å²) in [6.45, 7) is 4.91. The van der Waals surface area contributed by atoms with Crippen LogP contribution in [0.15, 0.2) is 6.20 Å². The van der Waals surface area contributed by atoms with Gasteiger partial charge >= 0.3 is 0 Å². The molecule has 1 aromatic heterocycles. The Hall–Kier alpha value is -1.36. The van der Waals surface area contributed by atoms with Gasteiger partial charge in [0.15, 0.2) is 0 Å². The molecular weight excluding hydrogens is 252 g/mol. The second kappa shape index (κ2) is 8.74. The largest absolute Gasteiger partial charge is 0.330 e. The zero-order valence-electron chi connectivity index (χ0n) is 13.0. The van der Waals surface area contributed by atoms with Crippen molar-refractivity contribution in [3.8, 4) is 0 Å². The standard InChI is InChI=1S/C15H28N4O/c1-4-6-12(9-10-16)7-8-15(20)17-14-11-19(3)18-13(14)5-2/h11-12H,4-10,16H2,1-3H3,(H,17,20). The Bertz CT molecular complexity index is 408. The number of amides is 1. The van der Waals surface area contributed by atoms with Crippen LogP contribution in [-0.4, -0.2) is 22.2 Å². The maximum atomic E-state index is 12.0. The molecule has 0 spiro atoms. The highest BCUT2D eigenvalue weighted by Gasteiger charge is 2.12. The van der Waals surface area contributed by atoms with Gasteiger partial charge in [-0.2, -0.15) is 5.10 Å². The van der Waals surface area contributed by atoms with Gasteiger partial charge in [0.1, 0.15) is 0 Å². The van der Waals surface area contributed by atoms with Crippen molar-refractivity contribution in [3.05, 3.63) is 11.9 Å². The summed E-state index contributed by atoms with van der Waals surface area (Å²) in [5, 5.41) is 7.29. The molecule has 5 nitrogen and oxygen atoms in total. The van der Waals surface area contributed by atoms with Crippen LogP contribution in [0, 0.1) is 5.92 Å². The molecule has 1 unspecified atom stereocenters. The van der Waals surface area contributed by atoms with E-state index >= 15 is 0 Å². The van der Waals surface area contributed by atoms with Gasteiger partial charge in [0.2, 0.25) is 5.91 Å². The van der Waals surface area contributed by atoms with E-state index in [-0.39, 0.29) is 5.91 Å². The number of carbonyl (C=O) groups excluding carboxylic acids is 1. The van der Waals surface area contributed by atoms with E-state index in [1.165, 1.54) is 0 Å². The van der Waals surface area contributed by atoms with Gasteiger partial charge in [0.25, 0.3) is 0 Å². The summed E-state index contributed by atoms with van der Waals surface area (Å²) in [5.41, 5.74) is 7.40. The number of anilines is 1. The van der Waals surface area contributed by atoms with Crippen molar-refractivity contribution in [2.75, 3.05) is 11.9 Å². The first-order valence-electron chi connectivity index (χ1n) is 7.63. The molecule has 1 heterocycles. The third kappa shape index (κ3) is 5.33. The zero-order valence-corrected chi connectivity index (χ0v) is 13.0. The van der Waals surface area contributed by atoms with Gasteiger partial charge in [-0.25, -0.2) is 0 Å². The lowest BCUT2D eigenvalue weighted by molar-refractivity contribution is -0.116. The molecule has 1 rings (SSSR count). The van der Waals surface area contributed by atoms with Crippen LogP contribution in [0.5, 0.6) is 0 Å². The molecule has 0 aliphatic carbocycles. The maximum absolute atomic E-state index is 12.0. The van der Waals surface area contributed by atoms with Crippen LogP contribution in [0.25, 0.3) is 0 Å². The molecule has 114 valence electrons. The molecule has 1 amide bonds. The SMILES string of the molecule is CCCC(CCN)CCC(=O)Nc1cn(C)nc1CC. The van der Waals surface area contributed by atoms with Crippen LogP contribution in [0.1, 0.15) is 51.6 Å². The first-order valence-corrected chi connectivity index (χ1v) is 7.63. The van der Waals surface area contributed by atoms with Crippen LogP contribution >= 0.6 is 0 Å². The number of nitrogens with zero attached hydrogens (tertiary/aromatic N) is 2. The predicted octanol–water partition coefficient (Wildman–Crippen LogP) is 2.47. The summed E-state index contributed by atoms with van der Waals surface area (Å²) in [4.78, 5) is 12.0. The summed E-state index contributed by atoms with van der Waals surface area (Å²) >= 11 is 0. The van der Waals surface area contributed by atoms with E-state index in [1.807, 2.05) is 20.2 Å². The Kier molecular flexibility index (Phi) is 7.30. The Labute approximate surface area is 121 Å². The quantitative estimate of drug-likeness (QED) is 0.730. The van der Waals surface area contributed by atoms with Crippen molar-refractivity contribution in [1.29, 1.82) is 0 Å². The second-order valence-corrected chi connectivity index (χ2v) is 5.34. The van der Waals surface area contributed by atoms with Crippen molar-refractivity contribution in [1.82, 2.24) is 9.78 Å². The summed E-state index contributed by atoms with van der Waals surface area (Å²) in [6, 6.07) is 0.